The highest BCUT2D eigenvalue weighted by atomic mass is 32.1. The molecule has 8 nitrogen and oxygen atoms in total. The number of hydrogen-bond donors (Lipinski definition) is 0. The maximum Gasteiger partial charge on any atom is 0.331 e. The molecule has 3 heterocycles. The predicted molar refractivity (Wildman–Crippen MR) is 102 cm³/mol. The van der Waals surface area contributed by atoms with E-state index in [1.54, 1.807) is 29.8 Å². The summed E-state index contributed by atoms with van der Waals surface area (Å²) >= 11 is 1.34. The molecule has 0 spiro atoms. The Hall–Kier alpha value is -3.33. The van der Waals surface area contributed by atoms with Crippen LogP contribution in [0, 0.1) is 0 Å². The Kier molecular flexibility index (Phi) is 4.98. The maximum atomic E-state index is 12.0. The van der Waals surface area contributed by atoms with E-state index in [0.29, 0.717) is 46.7 Å². The molecule has 0 fully saturated rings. The van der Waals surface area contributed by atoms with E-state index < -0.39 is 5.97 Å². The van der Waals surface area contributed by atoms with Crippen LogP contribution in [0.2, 0.25) is 0 Å². The van der Waals surface area contributed by atoms with Gasteiger partial charge in [0.05, 0.1) is 12.8 Å². The van der Waals surface area contributed by atoms with E-state index in [1.807, 2.05) is 0 Å². The second-order valence-corrected chi connectivity index (χ2v) is 6.70. The molecule has 0 unspecified atom stereocenters. The number of carbonyl (C=O) groups is 1. The van der Waals surface area contributed by atoms with E-state index in [2.05, 4.69) is 4.98 Å². The number of nitrogens with zero attached hydrogens (tertiary/aromatic N) is 2. The van der Waals surface area contributed by atoms with Crippen molar-refractivity contribution in [3.05, 3.63) is 57.5 Å². The number of methoxy groups -OCH3 is 1. The van der Waals surface area contributed by atoms with Crippen LogP contribution in [0.15, 0.2) is 40.6 Å². The fourth-order valence-electron chi connectivity index (χ4n) is 2.71. The van der Waals surface area contributed by atoms with E-state index in [1.165, 1.54) is 35.0 Å². The van der Waals surface area contributed by atoms with E-state index >= 15 is 0 Å². The Morgan fingerprint density at radius 2 is 2.18 bits per heavy atom. The molecule has 144 valence electrons. The summed E-state index contributed by atoms with van der Waals surface area (Å²) < 4.78 is 23.0. The molecule has 2 aromatic heterocycles. The smallest absolute Gasteiger partial charge is 0.331 e. The van der Waals surface area contributed by atoms with Gasteiger partial charge in [0.15, 0.2) is 16.5 Å². The third kappa shape index (κ3) is 3.70. The largest absolute Gasteiger partial charge is 0.493 e. The van der Waals surface area contributed by atoms with Crippen LogP contribution < -0.4 is 19.8 Å². The van der Waals surface area contributed by atoms with Crippen molar-refractivity contribution in [1.29, 1.82) is 0 Å². The number of thiazole rings is 1. The van der Waals surface area contributed by atoms with Gasteiger partial charge >= 0.3 is 5.97 Å². The molecule has 0 amide bonds. The minimum absolute atomic E-state index is 0.0860. The first-order valence-electron chi connectivity index (χ1n) is 8.42. The molecule has 0 saturated carbocycles. The van der Waals surface area contributed by atoms with E-state index in [0.717, 1.165) is 0 Å². The van der Waals surface area contributed by atoms with Gasteiger partial charge in [0.1, 0.15) is 19.8 Å². The van der Waals surface area contributed by atoms with Gasteiger partial charge in [-0.05, 0) is 23.8 Å². The first kappa shape index (κ1) is 18.1. The first-order valence-corrected chi connectivity index (χ1v) is 9.30. The SMILES string of the molecule is COc1cc(/C=C/C(=O)OCc2cc(=O)n3ccsc3n2)cc2c1OCCO2. The van der Waals surface area contributed by atoms with Crippen LogP contribution in [-0.4, -0.2) is 35.7 Å². The Morgan fingerprint density at radius 3 is 3.04 bits per heavy atom. The average Bonchev–Trinajstić information content (AvgIpc) is 3.19. The van der Waals surface area contributed by atoms with Crippen LogP contribution in [0.5, 0.6) is 17.2 Å². The quantitative estimate of drug-likeness (QED) is 0.480. The van der Waals surface area contributed by atoms with Crippen molar-refractivity contribution in [3.8, 4) is 17.2 Å². The Bertz CT molecular complexity index is 1100. The van der Waals surface area contributed by atoms with Gasteiger partial charge in [-0.15, -0.1) is 11.3 Å². The lowest BCUT2D eigenvalue weighted by Crippen LogP contribution is -2.16. The normalized spacial score (nSPS) is 13.0. The number of fused-ring (bicyclic) bond motifs is 2. The van der Waals surface area contributed by atoms with E-state index in [-0.39, 0.29) is 12.2 Å². The van der Waals surface area contributed by atoms with Crippen molar-refractivity contribution >= 4 is 28.3 Å². The summed E-state index contributed by atoms with van der Waals surface area (Å²) in [7, 11) is 1.54. The number of hydrogen-bond acceptors (Lipinski definition) is 8. The van der Waals surface area contributed by atoms with Crippen molar-refractivity contribution in [2.24, 2.45) is 0 Å². The molecule has 0 saturated heterocycles. The molecule has 1 aliphatic heterocycles. The van der Waals surface area contributed by atoms with Crippen molar-refractivity contribution < 1.29 is 23.7 Å². The molecule has 0 atom stereocenters. The third-order valence-electron chi connectivity index (χ3n) is 3.98. The van der Waals surface area contributed by atoms with E-state index in [9.17, 15) is 9.59 Å². The fourth-order valence-corrected chi connectivity index (χ4v) is 3.45. The van der Waals surface area contributed by atoms with E-state index in [4.69, 9.17) is 18.9 Å². The van der Waals surface area contributed by atoms with Gasteiger partial charge in [-0.1, -0.05) is 0 Å². The number of aromatic nitrogens is 2. The first-order chi connectivity index (χ1) is 13.6. The van der Waals surface area contributed by atoms with Crippen LogP contribution in [0.1, 0.15) is 11.3 Å². The summed E-state index contributed by atoms with van der Waals surface area (Å²) in [4.78, 5) is 28.8. The van der Waals surface area contributed by atoms with Gasteiger partial charge in [0.25, 0.3) is 5.56 Å². The molecule has 4 rings (SSSR count). The lowest BCUT2D eigenvalue weighted by Gasteiger charge is -2.20. The summed E-state index contributed by atoms with van der Waals surface area (Å²) in [6.45, 7) is 0.823. The highest BCUT2D eigenvalue weighted by Gasteiger charge is 2.17. The average molecular weight is 400 g/mol. The Morgan fingerprint density at radius 1 is 1.32 bits per heavy atom. The molecule has 0 N–H and O–H groups in total. The second-order valence-electron chi connectivity index (χ2n) is 5.83. The van der Waals surface area contributed by atoms with Gasteiger partial charge in [-0.2, -0.15) is 0 Å². The zero-order valence-corrected chi connectivity index (χ0v) is 15.7. The van der Waals surface area contributed by atoms with Crippen LogP contribution in [-0.2, 0) is 16.1 Å². The number of ether oxygens (including phenoxy) is 4. The highest BCUT2D eigenvalue weighted by molar-refractivity contribution is 7.15. The van der Waals surface area contributed by atoms with Gasteiger partial charge in [-0.25, -0.2) is 9.78 Å². The number of esters is 1. The van der Waals surface area contributed by atoms with Crippen LogP contribution in [0.3, 0.4) is 0 Å². The standard InChI is InChI=1S/C19H16N2O6S/c1-24-14-8-12(9-15-18(14)26-6-5-25-15)2-3-17(23)27-11-13-10-16(22)21-4-7-28-19(21)20-13/h2-4,7-10H,5-6,11H2,1H3/b3-2+. The number of benzene rings is 1. The van der Waals surface area contributed by atoms with Gasteiger partial charge in [0.2, 0.25) is 5.75 Å². The summed E-state index contributed by atoms with van der Waals surface area (Å²) in [6, 6.07) is 4.85. The molecule has 0 radical (unpaired) electrons. The van der Waals surface area contributed by atoms with Crippen LogP contribution in [0.25, 0.3) is 11.0 Å². The predicted octanol–water partition coefficient (Wildman–Crippen LogP) is 2.29. The lowest BCUT2D eigenvalue weighted by molar-refractivity contribution is -0.139. The van der Waals surface area contributed by atoms with Gasteiger partial charge in [-0.3, -0.25) is 9.20 Å². The third-order valence-corrected chi connectivity index (χ3v) is 4.74. The van der Waals surface area contributed by atoms with Gasteiger partial charge < -0.3 is 18.9 Å². The lowest BCUT2D eigenvalue weighted by atomic mass is 10.1. The molecule has 28 heavy (non-hydrogen) atoms. The van der Waals surface area contributed by atoms with Crippen LogP contribution >= 0.6 is 11.3 Å². The molecule has 1 aliphatic rings. The molecular weight excluding hydrogens is 384 g/mol. The summed E-state index contributed by atoms with van der Waals surface area (Å²) in [5.41, 5.74) is 0.890. The minimum Gasteiger partial charge on any atom is -0.493 e. The van der Waals surface area contributed by atoms with Crippen molar-refractivity contribution in [1.82, 2.24) is 9.38 Å². The molecule has 1 aromatic carbocycles. The monoisotopic (exact) mass is 400 g/mol. The van der Waals surface area contributed by atoms with Gasteiger partial charge in [0, 0.05) is 23.7 Å². The highest BCUT2D eigenvalue weighted by Crippen LogP contribution is 2.40. The second kappa shape index (κ2) is 7.73. The summed E-state index contributed by atoms with van der Waals surface area (Å²) in [5.74, 6) is 1.09. The minimum atomic E-state index is -0.554. The molecule has 0 aliphatic carbocycles. The van der Waals surface area contributed by atoms with Crippen molar-refractivity contribution in [3.63, 3.8) is 0 Å². The summed E-state index contributed by atoms with van der Waals surface area (Å²) in [6.07, 6.45) is 4.53. The van der Waals surface area contributed by atoms with Crippen molar-refractivity contribution in [2.45, 2.75) is 6.61 Å². The number of carbonyl (C=O) groups excluding carboxylic acids is 1. The fraction of sp³-hybridized carbons (Fsp3) is 0.211. The number of rotatable bonds is 5. The molecular formula is C19H16N2O6S. The topological polar surface area (TPSA) is 88.4 Å². The molecule has 9 heteroatoms. The zero-order chi connectivity index (χ0) is 19.5. The zero-order valence-electron chi connectivity index (χ0n) is 14.9. The maximum absolute atomic E-state index is 12.0. The Balaban J connectivity index is 1.44. The molecule has 0 bridgehead atoms. The molecule has 3 aromatic rings. The van der Waals surface area contributed by atoms with Crippen molar-refractivity contribution in [2.75, 3.05) is 20.3 Å². The summed E-state index contributed by atoms with van der Waals surface area (Å²) in [5, 5.41) is 1.77. The van der Waals surface area contributed by atoms with Crippen LogP contribution in [0.4, 0.5) is 0 Å². The Labute approximate surface area is 163 Å².